The summed E-state index contributed by atoms with van der Waals surface area (Å²) in [5, 5.41) is 12.3. The number of rotatable bonds is 5. The zero-order valence-electron chi connectivity index (χ0n) is 12.0. The number of hydrogen-bond acceptors (Lipinski definition) is 5. The largest absolute Gasteiger partial charge is 0.478 e. The monoisotopic (exact) mass is 312 g/mol. The van der Waals surface area contributed by atoms with Gasteiger partial charge in [-0.2, -0.15) is 0 Å². The van der Waals surface area contributed by atoms with Crippen molar-refractivity contribution in [3.05, 3.63) is 23.4 Å². The molecule has 1 aromatic rings. The van der Waals surface area contributed by atoms with E-state index < -0.39 is 15.8 Å². The van der Waals surface area contributed by atoms with E-state index in [2.05, 4.69) is 10.3 Å². The molecule has 0 atom stereocenters. The number of hydrogen-bond donors (Lipinski definition) is 2. The van der Waals surface area contributed by atoms with Crippen molar-refractivity contribution in [2.24, 2.45) is 0 Å². The number of nitrogens with one attached hydrogen (secondary N) is 1. The minimum atomic E-state index is -2.90. The van der Waals surface area contributed by atoms with Crippen LogP contribution in [0.25, 0.3) is 0 Å². The lowest BCUT2D eigenvalue weighted by molar-refractivity contribution is 0.0696. The Labute approximate surface area is 124 Å². The number of pyridine rings is 1. The summed E-state index contributed by atoms with van der Waals surface area (Å²) < 4.78 is 22.8. The molecule has 0 unspecified atom stereocenters. The first kappa shape index (κ1) is 15.8. The van der Waals surface area contributed by atoms with Crippen molar-refractivity contribution in [1.29, 1.82) is 0 Å². The fourth-order valence-corrected chi connectivity index (χ4v) is 3.90. The summed E-state index contributed by atoms with van der Waals surface area (Å²) >= 11 is 0. The van der Waals surface area contributed by atoms with Gasteiger partial charge in [-0.05, 0) is 31.4 Å². The van der Waals surface area contributed by atoms with E-state index in [9.17, 15) is 13.2 Å². The van der Waals surface area contributed by atoms with Crippen LogP contribution in [0.15, 0.2) is 12.1 Å². The quantitative estimate of drug-likeness (QED) is 0.859. The maximum atomic E-state index is 11.4. The van der Waals surface area contributed by atoms with Crippen LogP contribution >= 0.6 is 0 Å². The number of aromatic nitrogens is 1. The normalized spacial score (nSPS) is 18.3. The highest BCUT2D eigenvalue weighted by Gasteiger charge is 2.24. The summed E-state index contributed by atoms with van der Waals surface area (Å²) in [6.07, 6.45) is 2.67. The fraction of sp³-hybridized carbons (Fsp3) is 0.571. The number of aryl methyl sites for hydroxylation is 1. The second kappa shape index (κ2) is 6.43. The summed E-state index contributed by atoms with van der Waals surface area (Å²) in [5.41, 5.74) is 0.947. The van der Waals surface area contributed by atoms with Crippen molar-refractivity contribution < 1.29 is 18.3 Å². The number of anilines is 1. The maximum absolute atomic E-state index is 11.4. The molecule has 0 amide bonds. The van der Waals surface area contributed by atoms with Gasteiger partial charge in [-0.3, -0.25) is 0 Å². The lowest BCUT2D eigenvalue weighted by Gasteiger charge is -2.23. The van der Waals surface area contributed by atoms with Crippen LogP contribution in [0.1, 0.15) is 42.2 Å². The van der Waals surface area contributed by atoms with Gasteiger partial charge in [0.25, 0.3) is 0 Å². The molecule has 7 heteroatoms. The Morgan fingerprint density at radius 1 is 1.38 bits per heavy atom. The van der Waals surface area contributed by atoms with Crippen molar-refractivity contribution in [1.82, 2.24) is 4.98 Å². The highest BCUT2D eigenvalue weighted by Crippen LogP contribution is 2.19. The highest BCUT2D eigenvalue weighted by atomic mass is 32.2. The van der Waals surface area contributed by atoms with Crippen LogP contribution in [0, 0.1) is 0 Å². The molecule has 0 spiro atoms. The fourth-order valence-electron chi connectivity index (χ4n) is 2.41. The van der Waals surface area contributed by atoms with E-state index >= 15 is 0 Å². The van der Waals surface area contributed by atoms with Crippen LogP contribution in [-0.2, 0) is 16.3 Å². The van der Waals surface area contributed by atoms with Crippen molar-refractivity contribution in [2.75, 3.05) is 16.8 Å². The molecule has 0 aliphatic carbocycles. The summed E-state index contributed by atoms with van der Waals surface area (Å²) in [4.78, 5) is 15.6. The van der Waals surface area contributed by atoms with Gasteiger partial charge in [-0.1, -0.05) is 13.3 Å². The molecule has 0 saturated carbocycles. The number of carboxylic acids is 1. The second-order valence-electron chi connectivity index (χ2n) is 5.36. The third kappa shape index (κ3) is 4.42. The smallest absolute Gasteiger partial charge is 0.335 e. The van der Waals surface area contributed by atoms with E-state index in [0.29, 0.717) is 18.7 Å². The Morgan fingerprint density at radius 2 is 2.05 bits per heavy atom. The van der Waals surface area contributed by atoms with Crippen molar-refractivity contribution in [2.45, 2.75) is 38.6 Å². The minimum Gasteiger partial charge on any atom is -0.478 e. The number of nitrogens with zero attached hydrogens (tertiary/aromatic N) is 1. The Morgan fingerprint density at radius 3 is 2.62 bits per heavy atom. The van der Waals surface area contributed by atoms with Crippen molar-refractivity contribution in [3.63, 3.8) is 0 Å². The van der Waals surface area contributed by atoms with Crippen molar-refractivity contribution >= 4 is 21.6 Å². The molecule has 116 valence electrons. The first-order valence-electron chi connectivity index (χ1n) is 7.11. The predicted molar refractivity (Wildman–Crippen MR) is 80.5 cm³/mol. The second-order valence-corrected chi connectivity index (χ2v) is 7.66. The molecule has 6 nitrogen and oxygen atoms in total. The van der Waals surface area contributed by atoms with Crippen LogP contribution in [0.4, 0.5) is 5.82 Å². The number of carboxylic acid groups (broad SMARTS) is 1. The van der Waals surface area contributed by atoms with Gasteiger partial charge in [-0.25, -0.2) is 18.2 Å². The average Bonchev–Trinajstić information content (AvgIpc) is 2.41. The SMILES string of the molecule is CCCc1cc(C(=O)O)cc(NC2CCS(=O)(=O)CC2)n1. The number of carbonyl (C=O) groups is 1. The molecular weight excluding hydrogens is 292 g/mol. The van der Waals surface area contributed by atoms with Crippen LogP contribution in [0.3, 0.4) is 0 Å². The molecule has 1 fully saturated rings. The summed E-state index contributed by atoms with van der Waals surface area (Å²) in [5.74, 6) is -0.123. The molecule has 21 heavy (non-hydrogen) atoms. The minimum absolute atomic E-state index is 0.0274. The molecule has 0 aromatic carbocycles. The molecule has 0 bridgehead atoms. The summed E-state index contributed by atoms with van der Waals surface area (Å²) in [7, 11) is -2.90. The lowest BCUT2D eigenvalue weighted by Crippen LogP contribution is -2.32. The van der Waals surface area contributed by atoms with Gasteiger partial charge in [-0.15, -0.1) is 0 Å². The van der Waals surface area contributed by atoms with Gasteiger partial charge < -0.3 is 10.4 Å². The first-order valence-corrected chi connectivity index (χ1v) is 8.93. The van der Waals surface area contributed by atoms with Gasteiger partial charge in [0.05, 0.1) is 17.1 Å². The number of sulfone groups is 1. The predicted octanol–water partition coefficient (Wildman–Crippen LogP) is 1.72. The molecular formula is C14H20N2O4S. The topological polar surface area (TPSA) is 96.4 Å². The first-order chi connectivity index (χ1) is 9.89. The maximum Gasteiger partial charge on any atom is 0.335 e. The molecule has 0 radical (unpaired) electrons. The Hall–Kier alpha value is -1.63. The van der Waals surface area contributed by atoms with Crippen LogP contribution in [-0.4, -0.2) is 42.0 Å². The summed E-state index contributed by atoms with van der Waals surface area (Å²) in [6, 6.07) is 3.12. The van der Waals surface area contributed by atoms with E-state index in [1.807, 2.05) is 6.92 Å². The molecule has 2 N–H and O–H groups in total. The summed E-state index contributed by atoms with van der Waals surface area (Å²) in [6.45, 7) is 2.01. The van der Waals surface area contributed by atoms with Crippen LogP contribution in [0.2, 0.25) is 0 Å². The molecule has 1 saturated heterocycles. The van der Waals surface area contributed by atoms with Gasteiger partial charge in [0.15, 0.2) is 0 Å². The van der Waals surface area contributed by atoms with Crippen LogP contribution in [0.5, 0.6) is 0 Å². The zero-order valence-corrected chi connectivity index (χ0v) is 12.8. The van der Waals surface area contributed by atoms with Crippen LogP contribution < -0.4 is 5.32 Å². The molecule has 2 heterocycles. The average molecular weight is 312 g/mol. The zero-order chi connectivity index (χ0) is 15.5. The molecule has 1 aliphatic rings. The Kier molecular flexibility index (Phi) is 4.82. The van der Waals surface area contributed by atoms with Gasteiger partial charge in [0.2, 0.25) is 0 Å². The van der Waals surface area contributed by atoms with Crippen molar-refractivity contribution in [3.8, 4) is 0 Å². The Balaban J connectivity index is 2.13. The standard InChI is InChI=1S/C14H20N2O4S/c1-2-3-12-8-10(14(17)18)9-13(16-12)15-11-4-6-21(19,20)7-5-11/h8-9,11H,2-7H2,1H3,(H,15,16)(H,17,18). The third-order valence-electron chi connectivity index (χ3n) is 3.54. The number of aromatic carboxylic acids is 1. The molecule has 1 aromatic heterocycles. The third-order valence-corrected chi connectivity index (χ3v) is 5.25. The lowest BCUT2D eigenvalue weighted by atomic mass is 10.1. The van der Waals surface area contributed by atoms with E-state index in [1.54, 1.807) is 6.07 Å². The van der Waals surface area contributed by atoms with Gasteiger partial charge in [0.1, 0.15) is 15.7 Å². The van der Waals surface area contributed by atoms with Gasteiger partial charge in [0, 0.05) is 11.7 Å². The van der Waals surface area contributed by atoms with E-state index in [0.717, 1.165) is 18.5 Å². The Bertz CT molecular complexity index is 614. The molecule has 2 rings (SSSR count). The van der Waals surface area contributed by atoms with Gasteiger partial charge >= 0.3 is 5.97 Å². The van der Waals surface area contributed by atoms with E-state index in [-0.39, 0.29) is 23.1 Å². The molecule has 1 aliphatic heterocycles. The highest BCUT2D eigenvalue weighted by molar-refractivity contribution is 7.91. The van der Waals surface area contributed by atoms with E-state index in [1.165, 1.54) is 6.07 Å². The van der Waals surface area contributed by atoms with E-state index in [4.69, 9.17) is 5.11 Å².